The zero-order valence-corrected chi connectivity index (χ0v) is 41.2. The molecule has 6 fully saturated rings. The number of nitrogens with zero attached hydrogens (tertiary/aromatic N) is 10. The molecule has 0 spiro atoms. The summed E-state index contributed by atoms with van der Waals surface area (Å²) in [4.78, 5) is 9.67. The summed E-state index contributed by atoms with van der Waals surface area (Å²) in [6, 6.07) is 12.2. The van der Waals surface area contributed by atoms with E-state index in [9.17, 15) is 26.3 Å². The number of benzene rings is 2. The summed E-state index contributed by atoms with van der Waals surface area (Å²) in [5.41, 5.74) is 0.667. The largest absolute Gasteiger partial charge is 0.416 e. The smallest absolute Gasteiger partial charge is 0.367 e. The summed E-state index contributed by atoms with van der Waals surface area (Å²) in [6.45, 7) is 8.12. The number of anilines is 2. The van der Waals surface area contributed by atoms with Gasteiger partial charge in [-0.15, -0.1) is 20.4 Å². The van der Waals surface area contributed by atoms with E-state index in [0.717, 1.165) is 123 Å². The van der Waals surface area contributed by atoms with Gasteiger partial charge in [0, 0.05) is 100 Å². The third-order valence-corrected chi connectivity index (χ3v) is 17.9. The monoisotopic (exact) mass is 986 g/mol. The van der Waals surface area contributed by atoms with Crippen LogP contribution in [0.1, 0.15) is 125 Å². The molecule has 2 aliphatic carbocycles. The van der Waals surface area contributed by atoms with Crippen LogP contribution in [0.25, 0.3) is 0 Å². The molecule has 0 unspecified atom stereocenters. The highest BCUT2D eigenvalue weighted by molar-refractivity contribution is 7.99. The number of thioether (sulfide) groups is 2. The van der Waals surface area contributed by atoms with E-state index >= 15 is 0 Å². The molecule has 2 aromatic heterocycles. The van der Waals surface area contributed by atoms with Crippen molar-refractivity contribution in [2.75, 3.05) is 73.7 Å². The van der Waals surface area contributed by atoms with Crippen molar-refractivity contribution in [1.29, 1.82) is 0 Å². The standard InChI is InChI=1S/2C25H34F3N5S/c2*1-31-23(18-6-3-2-4-7-18)29-30-24(31)34-15-5-13-32-16-19-12-14-33(22(19)17-32)21-10-8-20(9-11-21)25(26,27)28/h2*8-11,18-19,22H,2-7,12-17H2,1H3/t2*19-,22+/m10/s1. The van der Waals surface area contributed by atoms with Gasteiger partial charge in [0.1, 0.15) is 11.6 Å². The summed E-state index contributed by atoms with van der Waals surface area (Å²) in [5, 5.41) is 20.0. The van der Waals surface area contributed by atoms with Crippen LogP contribution in [0.3, 0.4) is 0 Å². The van der Waals surface area contributed by atoms with Crippen molar-refractivity contribution < 1.29 is 26.3 Å². The van der Waals surface area contributed by atoms with Crippen molar-refractivity contribution in [2.24, 2.45) is 25.9 Å². The Morgan fingerprint density at radius 3 is 1.25 bits per heavy atom. The number of likely N-dealkylation sites (tertiary alicyclic amines) is 2. The van der Waals surface area contributed by atoms with Gasteiger partial charge >= 0.3 is 12.4 Å². The lowest BCUT2D eigenvalue weighted by Crippen LogP contribution is -2.35. The molecule has 4 aromatic rings. The number of fused-ring (bicyclic) bond motifs is 2. The normalized spacial score (nSPS) is 24.2. The summed E-state index contributed by atoms with van der Waals surface area (Å²) >= 11 is 3.60. The van der Waals surface area contributed by atoms with Crippen molar-refractivity contribution in [3.63, 3.8) is 0 Å². The molecule has 0 radical (unpaired) electrons. The van der Waals surface area contributed by atoms with Crippen LogP contribution in [0.5, 0.6) is 0 Å². The molecule has 4 saturated heterocycles. The molecule has 2 saturated carbocycles. The highest BCUT2D eigenvalue weighted by atomic mass is 32.2. The zero-order chi connectivity index (χ0) is 47.4. The first-order chi connectivity index (χ1) is 32.8. The van der Waals surface area contributed by atoms with Crippen LogP contribution in [0.15, 0.2) is 58.8 Å². The van der Waals surface area contributed by atoms with Crippen LogP contribution in [-0.4, -0.2) is 115 Å². The first kappa shape index (κ1) is 49.5. The molecule has 2 aromatic carbocycles. The molecule has 372 valence electrons. The third kappa shape index (κ3) is 11.6. The second-order valence-electron chi connectivity index (χ2n) is 20.1. The van der Waals surface area contributed by atoms with Crippen molar-refractivity contribution in [1.82, 2.24) is 39.3 Å². The van der Waals surface area contributed by atoms with Gasteiger partial charge in [-0.25, -0.2) is 0 Å². The van der Waals surface area contributed by atoms with Gasteiger partial charge in [0.05, 0.1) is 11.1 Å². The van der Waals surface area contributed by atoms with Gasteiger partial charge in [0.15, 0.2) is 10.3 Å². The number of hydrogen-bond donors (Lipinski definition) is 0. The fraction of sp³-hybridized carbons (Fsp3) is 0.680. The fourth-order valence-electron chi connectivity index (χ4n) is 12.0. The van der Waals surface area contributed by atoms with Crippen molar-refractivity contribution in [3.05, 3.63) is 71.3 Å². The lowest BCUT2D eigenvalue weighted by atomic mass is 9.89. The van der Waals surface area contributed by atoms with E-state index < -0.39 is 23.5 Å². The number of hydrogen-bond acceptors (Lipinski definition) is 10. The van der Waals surface area contributed by atoms with Crippen molar-refractivity contribution in [2.45, 2.75) is 136 Å². The topological polar surface area (TPSA) is 74.4 Å². The average molecular weight is 987 g/mol. The van der Waals surface area contributed by atoms with Crippen LogP contribution >= 0.6 is 23.5 Å². The Morgan fingerprint density at radius 1 is 0.500 bits per heavy atom. The molecular weight excluding hydrogens is 919 g/mol. The highest BCUT2D eigenvalue weighted by Gasteiger charge is 2.43. The predicted molar refractivity (Wildman–Crippen MR) is 259 cm³/mol. The van der Waals surface area contributed by atoms with Gasteiger partial charge in [-0.3, -0.25) is 0 Å². The Bertz CT molecular complexity index is 2060. The quantitative estimate of drug-likeness (QED) is 0.0693. The molecule has 10 nitrogen and oxygen atoms in total. The number of alkyl halides is 6. The number of halogens is 6. The first-order valence-corrected chi connectivity index (χ1v) is 27.1. The lowest BCUT2D eigenvalue weighted by Gasteiger charge is -2.27. The number of rotatable bonds is 14. The average Bonchev–Trinajstić information content (AvgIpc) is 4.20. The lowest BCUT2D eigenvalue weighted by molar-refractivity contribution is -0.138. The van der Waals surface area contributed by atoms with Gasteiger partial charge in [-0.1, -0.05) is 62.0 Å². The summed E-state index contributed by atoms with van der Waals surface area (Å²) in [5.74, 6) is 6.68. The second kappa shape index (κ2) is 21.9. The molecule has 0 bridgehead atoms. The van der Waals surface area contributed by atoms with Gasteiger partial charge < -0.3 is 28.7 Å². The molecule has 6 heterocycles. The molecular formula is C50H68F6N10S2. The third-order valence-electron chi connectivity index (χ3n) is 15.7. The van der Waals surface area contributed by atoms with E-state index in [1.165, 1.54) is 88.5 Å². The summed E-state index contributed by atoms with van der Waals surface area (Å²) in [7, 11) is 4.20. The second-order valence-corrected chi connectivity index (χ2v) is 22.2. The Morgan fingerprint density at radius 2 is 0.882 bits per heavy atom. The summed E-state index contributed by atoms with van der Waals surface area (Å²) < 4.78 is 81.8. The van der Waals surface area contributed by atoms with E-state index in [0.29, 0.717) is 35.8 Å². The molecule has 18 heteroatoms. The maximum Gasteiger partial charge on any atom is 0.416 e. The summed E-state index contributed by atoms with van der Waals surface area (Å²) in [6.07, 6.45) is 8.67. The Balaban J connectivity index is 0.000000170. The number of aromatic nitrogens is 6. The molecule has 4 atom stereocenters. The fourth-order valence-corrected chi connectivity index (χ4v) is 13.7. The van der Waals surface area contributed by atoms with Crippen molar-refractivity contribution in [3.8, 4) is 0 Å². The predicted octanol–water partition coefficient (Wildman–Crippen LogP) is 11.1. The molecule has 68 heavy (non-hydrogen) atoms. The van der Waals surface area contributed by atoms with Gasteiger partial charge in [-0.05, 0) is 125 Å². The van der Waals surface area contributed by atoms with Crippen LogP contribution in [0.4, 0.5) is 37.7 Å². The van der Waals surface area contributed by atoms with Crippen LogP contribution in [0, 0.1) is 11.8 Å². The first-order valence-electron chi connectivity index (χ1n) is 25.2. The molecule has 0 N–H and O–H groups in total. The van der Waals surface area contributed by atoms with E-state index in [1.807, 2.05) is 0 Å². The Hall–Kier alpha value is -3.48. The van der Waals surface area contributed by atoms with E-state index in [1.54, 1.807) is 47.8 Å². The molecule has 10 rings (SSSR count). The van der Waals surface area contributed by atoms with Crippen LogP contribution in [-0.2, 0) is 26.4 Å². The van der Waals surface area contributed by atoms with E-state index in [4.69, 9.17) is 0 Å². The minimum Gasteiger partial charge on any atom is -0.367 e. The maximum absolute atomic E-state index is 12.9. The van der Waals surface area contributed by atoms with Gasteiger partial charge in [0.25, 0.3) is 0 Å². The van der Waals surface area contributed by atoms with Gasteiger partial charge in [-0.2, -0.15) is 26.3 Å². The Labute approximate surface area is 406 Å². The van der Waals surface area contributed by atoms with Gasteiger partial charge in [0.2, 0.25) is 0 Å². The van der Waals surface area contributed by atoms with E-state index in [2.05, 4.69) is 63.2 Å². The van der Waals surface area contributed by atoms with Crippen molar-refractivity contribution >= 4 is 34.9 Å². The molecule has 4 aliphatic heterocycles. The zero-order valence-electron chi connectivity index (χ0n) is 39.6. The minimum atomic E-state index is -4.28. The van der Waals surface area contributed by atoms with Crippen LogP contribution in [0.2, 0.25) is 0 Å². The van der Waals surface area contributed by atoms with Crippen LogP contribution < -0.4 is 9.80 Å². The minimum absolute atomic E-state index is 0.404. The Kier molecular flexibility index (Phi) is 15.9. The molecule has 0 amide bonds. The SMILES string of the molecule is Cn1c(SCCCN2C[C@@H]3CCN(c4ccc(C(F)(F)F)cc4)[C@@H]3C2)nnc1C1CCCCC1.Cn1c(SCCCN2C[C@H]3CCN(c4ccc(C(F)(F)F)cc4)[C@H]3C2)nnc1C1CCCCC1. The molecule has 6 aliphatic rings. The highest BCUT2D eigenvalue weighted by Crippen LogP contribution is 2.40. The maximum atomic E-state index is 12.9. The van der Waals surface area contributed by atoms with E-state index in [-0.39, 0.29) is 0 Å².